The summed E-state index contributed by atoms with van der Waals surface area (Å²) in [6, 6.07) is 8.57. The number of nitrogens with two attached hydrogens (primary N) is 1. The first-order valence-electron chi connectivity index (χ1n) is 14.0. The van der Waals surface area contributed by atoms with Gasteiger partial charge in [-0.3, -0.25) is 9.39 Å². The van der Waals surface area contributed by atoms with Crippen molar-refractivity contribution in [2.45, 2.75) is 65.2 Å². The minimum atomic E-state index is -0.633. The summed E-state index contributed by atoms with van der Waals surface area (Å²) in [6.45, 7) is 10.9. The molecular formula is C30H40FN8O4W-. The molecule has 0 amide bonds. The van der Waals surface area contributed by atoms with Gasteiger partial charge in [0.1, 0.15) is 35.8 Å². The number of ether oxygens (including phenoxy) is 3. The molecule has 0 radical (unpaired) electrons. The van der Waals surface area contributed by atoms with E-state index in [4.69, 9.17) is 30.2 Å². The van der Waals surface area contributed by atoms with Crippen molar-refractivity contribution in [2.75, 3.05) is 33.4 Å². The second kappa shape index (κ2) is 17.2. The molecule has 3 N–H and O–H groups in total. The number of aliphatic hydroxyl groups is 1. The summed E-state index contributed by atoms with van der Waals surface area (Å²) in [7, 11) is 1.53. The van der Waals surface area contributed by atoms with Crippen LogP contribution in [0.4, 0.5) is 4.39 Å². The van der Waals surface area contributed by atoms with Crippen molar-refractivity contribution < 1.29 is 44.8 Å². The van der Waals surface area contributed by atoms with Gasteiger partial charge in [-0.2, -0.15) is 10.4 Å². The van der Waals surface area contributed by atoms with Crippen molar-refractivity contribution in [3.63, 3.8) is 0 Å². The number of hydrogen-bond donors (Lipinski definition) is 2. The smallest absolute Gasteiger partial charge is 0.250 e. The van der Waals surface area contributed by atoms with Crippen molar-refractivity contribution in [1.82, 2.24) is 14.4 Å². The number of halogens is 1. The number of aliphatic imine (C=N–C) groups is 1. The van der Waals surface area contributed by atoms with Crippen LogP contribution >= 0.6 is 0 Å². The topological polar surface area (TPSA) is 167 Å². The minimum Gasteiger partial charge on any atom is -0.662 e. The predicted molar refractivity (Wildman–Crippen MR) is 162 cm³/mol. The maximum Gasteiger partial charge on any atom is 0.250 e. The van der Waals surface area contributed by atoms with Crippen LogP contribution < -0.4 is 15.3 Å². The van der Waals surface area contributed by atoms with Gasteiger partial charge in [-0.15, -0.1) is 13.1 Å². The number of nitrogens with zero attached hydrogens (tertiary/aromatic N) is 7. The van der Waals surface area contributed by atoms with Crippen molar-refractivity contribution in [2.24, 2.45) is 15.9 Å². The Morgan fingerprint density at radius 1 is 1.27 bits per heavy atom. The summed E-state index contributed by atoms with van der Waals surface area (Å²) in [5.41, 5.74) is 2.50. The maximum absolute atomic E-state index is 14.2. The monoisotopic (exact) mass is 779 g/mol. The van der Waals surface area contributed by atoms with Gasteiger partial charge in [-0.05, 0) is 65.7 Å². The van der Waals surface area contributed by atoms with E-state index in [1.54, 1.807) is 44.2 Å². The van der Waals surface area contributed by atoms with Crippen LogP contribution in [-0.2, 0) is 25.8 Å². The number of pyridine rings is 2. The van der Waals surface area contributed by atoms with E-state index >= 15 is 0 Å². The van der Waals surface area contributed by atoms with Gasteiger partial charge in [0.05, 0.1) is 29.8 Å². The van der Waals surface area contributed by atoms with E-state index in [9.17, 15) is 9.65 Å². The molecule has 14 heteroatoms. The Labute approximate surface area is 271 Å². The average Bonchev–Trinajstić information content (AvgIpc) is 3.38. The Kier molecular flexibility index (Phi) is 14.3. The van der Waals surface area contributed by atoms with Crippen molar-refractivity contribution in [1.29, 1.82) is 5.26 Å². The summed E-state index contributed by atoms with van der Waals surface area (Å²) in [5.74, 6) is 5.39. The number of aromatic nitrogens is 3. The Balaban J connectivity index is 0.00000104. The summed E-state index contributed by atoms with van der Waals surface area (Å²) in [6.07, 6.45) is 2.59. The third kappa shape index (κ3) is 10.6. The Morgan fingerprint density at radius 3 is 2.57 bits per heavy atom. The normalized spacial score (nSPS) is 15.1. The van der Waals surface area contributed by atoms with Crippen molar-refractivity contribution in [3.05, 3.63) is 58.5 Å². The molecule has 0 spiro atoms. The zero-order valence-corrected chi connectivity index (χ0v) is 28.9. The molecule has 4 rings (SSSR count). The molecule has 3 aromatic rings. The molecule has 1 atom stereocenters. The zero-order chi connectivity index (χ0) is 31.6. The van der Waals surface area contributed by atoms with Gasteiger partial charge in [0.15, 0.2) is 5.82 Å². The largest absolute Gasteiger partial charge is 0.662 e. The first-order chi connectivity index (χ1) is 20.4. The number of fused-ring (bicyclic) bond motifs is 1. The van der Waals surface area contributed by atoms with Crippen LogP contribution in [0.3, 0.4) is 0 Å². The molecule has 0 aromatic carbocycles. The quantitative estimate of drug-likeness (QED) is 0.133. The summed E-state index contributed by atoms with van der Waals surface area (Å²) >= 11 is 0. The van der Waals surface area contributed by atoms with Crippen LogP contribution in [-0.4, -0.2) is 76.0 Å². The fourth-order valence-corrected chi connectivity index (χ4v) is 4.19. The molecule has 0 bridgehead atoms. The summed E-state index contributed by atoms with van der Waals surface area (Å²) < 4.78 is 32.4. The van der Waals surface area contributed by atoms with E-state index < -0.39 is 17.5 Å². The molecule has 1 aliphatic heterocycles. The number of methoxy groups -OCH3 is 1. The van der Waals surface area contributed by atoms with Crippen LogP contribution in [0.2, 0.25) is 0 Å². The second-order valence-electron chi connectivity index (χ2n) is 10.9. The summed E-state index contributed by atoms with van der Waals surface area (Å²) in [5, 5.41) is 26.6. The average molecular weight is 780 g/mol. The number of hydrogen-bond acceptors (Lipinski definition) is 10. The number of piperidine rings is 1. The first-order valence-corrected chi connectivity index (χ1v) is 14.0. The molecular weight excluding hydrogens is 739 g/mol. The number of hydrazone groups is 1. The summed E-state index contributed by atoms with van der Waals surface area (Å²) in [4.78, 5) is 13.5. The first kappa shape index (κ1) is 36.8. The fourth-order valence-electron chi connectivity index (χ4n) is 4.19. The van der Waals surface area contributed by atoms with E-state index in [2.05, 4.69) is 26.5 Å². The van der Waals surface area contributed by atoms with Gasteiger partial charge in [0.2, 0.25) is 5.88 Å². The van der Waals surface area contributed by atoms with Gasteiger partial charge in [-0.1, -0.05) is 0 Å². The van der Waals surface area contributed by atoms with E-state index in [-0.39, 0.29) is 45.3 Å². The molecule has 4 heterocycles. The van der Waals surface area contributed by atoms with E-state index in [1.807, 2.05) is 6.92 Å². The van der Waals surface area contributed by atoms with E-state index in [0.717, 1.165) is 25.9 Å². The maximum atomic E-state index is 14.2. The number of rotatable bonds is 10. The Hall–Kier alpha value is -3.43. The van der Waals surface area contributed by atoms with E-state index in [1.165, 1.54) is 25.4 Å². The second-order valence-corrected chi connectivity index (χ2v) is 10.9. The SMILES string of the molecule is CC(C)(C)O.COCCOc1nc(C(C)Oc2cc(/C(=N/N)C(C)=NC3CC[N-]CC3)cc3ncc(C#N)n23)ccc1F.[W]. The fraction of sp³-hybridized carbons (Fsp3) is 0.500. The van der Waals surface area contributed by atoms with Crippen LogP contribution in [0.5, 0.6) is 11.8 Å². The molecule has 0 saturated carbocycles. The van der Waals surface area contributed by atoms with Crippen LogP contribution in [0.25, 0.3) is 11.0 Å². The van der Waals surface area contributed by atoms with E-state index in [0.29, 0.717) is 40.8 Å². The van der Waals surface area contributed by atoms with Gasteiger partial charge in [0.25, 0.3) is 5.88 Å². The molecule has 0 aliphatic carbocycles. The van der Waals surface area contributed by atoms with Gasteiger partial charge >= 0.3 is 0 Å². The molecule has 44 heavy (non-hydrogen) atoms. The van der Waals surface area contributed by atoms with Crippen LogP contribution in [0.1, 0.15) is 70.5 Å². The minimum absolute atomic E-state index is 0. The van der Waals surface area contributed by atoms with Gasteiger partial charge in [0, 0.05) is 45.8 Å². The Bertz CT molecular complexity index is 1470. The van der Waals surface area contributed by atoms with Gasteiger partial charge < -0.3 is 30.5 Å². The molecule has 1 fully saturated rings. The molecule has 1 unspecified atom stereocenters. The third-order valence-corrected chi connectivity index (χ3v) is 6.13. The zero-order valence-electron chi connectivity index (χ0n) is 26.0. The third-order valence-electron chi connectivity index (χ3n) is 6.13. The van der Waals surface area contributed by atoms with Crippen molar-refractivity contribution >= 4 is 17.1 Å². The van der Waals surface area contributed by atoms with Gasteiger partial charge in [-0.25, -0.2) is 14.4 Å². The molecule has 1 saturated heterocycles. The van der Waals surface area contributed by atoms with Crippen LogP contribution in [0.15, 0.2) is 40.6 Å². The standard InChI is InChI=1S/C26H30FN8O3.C4H10O.W/c1-16(32-19-6-8-30-9-7-19)25(34-29)18-12-23-31-15-20(14-28)35(23)24(13-18)38-17(2)22-5-4-21(27)26(33-22)37-11-10-36-3;1-4(2,3)5;/h4-5,12-13,15,17,19H,6-11,29H2,1-3H3;5H,1-3H3;/q-1;;/b32-16?,34-25+;;. The van der Waals surface area contributed by atoms with Crippen molar-refractivity contribution in [3.8, 4) is 17.8 Å². The molecule has 1 aliphatic rings. The number of imidazole rings is 1. The molecule has 238 valence electrons. The van der Waals surface area contributed by atoms with Crippen LogP contribution in [0, 0.1) is 17.1 Å². The molecule has 12 nitrogen and oxygen atoms in total. The predicted octanol–water partition coefficient (Wildman–Crippen LogP) is 4.34. The number of nitriles is 1. The molecule has 3 aromatic heterocycles. The Morgan fingerprint density at radius 2 is 1.95 bits per heavy atom.